The van der Waals surface area contributed by atoms with Crippen LogP contribution in [0.25, 0.3) is 21.7 Å². The fourth-order valence-corrected chi connectivity index (χ4v) is 13.8. The number of amides is 11. The molecule has 1 aliphatic rings. The number of rotatable bonds is 45. The number of nitrogens with one attached hydrogen (secondary N) is 13. The lowest BCUT2D eigenvalue weighted by atomic mass is 9.97. The molecular formula is C79H110N20O18S. The van der Waals surface area contributed by atoms with Crippen molar-refractivity contribution in [3.63, 3.8) is 0 Å². The van der Waals surface area contributed by atoms with E-state index in [0.29, 0.717) is 39.0 Å². The molecule has 1 aliphatic heterocycles. The Kier molecular flexibility index (Phi) is 37.4. The number of para-hydroxylation sites is 1. The van der Waals surface area contributed by atoms with Crippen LogP contribution in [0.3, 0.4) is 0 Å². The molecular weight excluding hydrogens is 1550 g/mol. The zero-order chi connectivity index (χ0) is 86.1. The van der Waals surface area contributed by atoms with E-state index >= 15 is 4.79 Å². The number of primary amides is 2. The molecule has 39 heteroatoms. The van der Waals surface area contributed by atoms with Crippen LogP contribution in [0, 0.1) is 17.0 Å². The van der Waals surface area contributed by atoms with Gasteiger partial charge in [-0.15, -0.1) is 0 Å². The van der Waals surface area contributed by atoms with E-state index in [1.165, 1.54) is 43.3 Å². The van der Waals surface area contributed by atoms with Crippen LogP contribution in [0.5, 0.6) is 0 Å². The maximum Gasteiger partial charge on any atom is 0.317 e. The van der Waals surface area contributed by atoms with Gasteiger partial charge in [-0.25, -0.2) is 4.98 Å². The van der Waals surface area contributed by atoms with Crippen LogP contribution in [-0.2, 0) is 88.1 Å². The van der Waals surface area contributed by atoms with E-state index in [9.17, 15) is 82.9 Å². The summed E-state index contributed by atoms with van der Waals surface area (Å²) < 4.78 is 0. The summed E-state index contributed by atoms with van der Waals surface area (Å²) in [7, 11) is 0. The van der Waals surface area contributed by atoms with Crippen LogP contribution in [0.4, 0.5) is 0 Å². The number of carbonyl (C=O) groups excluding carboxylic acids is 11. The molecule has 640 valence electrons. The summed E-state index contributed by atoms with van der Waals surface area (Å²) in [5, 5.41) is 68.6. The third kappa shape index (κ3) is 31.2. The first-order valence-corrected chi connectivity index (χ1v) is 40.3. The molecule has 2 aromatic heterocycles. The van der Waals surface area contributed by atoms with Gasteiger partial charge in [-0.1, -0.05) is 100 Å². The number of hydrogen-bond donors (Lipinski definition) is 18. The van der Waals surface area contributed by atoms with Crippen molar-refractivity contribution in [1.29, 1.82) is 0 Å². The Bertz CT molecular complexity index is 4380. The number of imidazole rings is 1. The zero-order valence-corrected chi connectivity index (χ0v) is 67.8. The number of thioether (sulfide) groups is 1. The molecule has 0 spiro atoms. The highest BCUT2D eigenvalue weighted by atomic mass is 32.2. The smallest absolute Gasteiger partial charge is 0.317 e. The highest BCUT2D eigenvalue weighted by Crippen LogP contribution is 2.23. The second kappa shape index (κ2) is 47.1. The average Bonchev–Trinajstić information content (AvgIpc) is 1.21. The first kappa shape index (κ1) is 93.7. The molecule has 1 saturated heterocycles. The minimum atomic E-state index is -1.60. The molecule has 0 saturated carbocycles. The van der Waals surface area contributed by atoms with Gasteiger partial charge in [-0.3, -0.25) is 91.9 Å². The Morgan fingerprint density at radius 2 is 1.05 bits per heavy atom. The van der Waals surface area contributed by atoms with E-state index in [-0.39, 0.29) is 129 Å². The Labute approximate surface area is 686 Å². The van der Waals surface area contributed by atoms with Gasteiger partial charge in [0.25, 0.3) is 5.91 Å². The monoisotopic (exact) mass is 1660 g/mol. The maximum absolute atomic E-state index is 15.0. The van der Waals surface area contributed by atoms with E-state index in [1.807, 2.05) is 44.4 Å². The molecule has 7 rings (SSSR count). The van der Waals surface area contributed by atoms with Crippen LogP contribution in [0.1, 0.15) is 93.0 Å². The number of benzene rings is 4. The average molecular weight is 1660 g/mol. The minimum Gasteiger partial charge on any atom is -0.612 e. The van der Waals surface area contributed by atoms with Crippen molar-refractivity contribution in [3.8, 4) is 0 Å². The lowest BCUT2D eigenvalue weighted by Crippen LogP contribution is -3.20. The number of hydrogen-bond acceptors (Lipinski definition) is 22. The predicted octanol–water partition coefficient (Wildman–Crippen LogP) is -2.57. The lowest BCUT2D eigenvalue weighted by Gasteiger charge is -2.34. The van der Waals surface area contributed by atoms with Gasteiger partial charge < -0.3 is 89.8 Å². The summed E-state index contributed by atoms with van der Waals surface area (Å²) in [5.41, 5.74) is 16.7. The van der Waals surface area contributed by atoms with Gasteiger partial charge >= 0.3 is 17.9 Å². The first-order chi connectivity index (χ1) is 56.2. The van der Waals surface area contributed by atoms with Gasteiger partial charge in [0.15, 0.2) is 6.17 Å². The number of aromatic amines is 2. The van der Waals surface area contributed by atoms with Crippen LogP contribution < -0.4 is 69.9 Å². The Hall–Kier alpha value is -11.5. The summed E-state index contributed by atoms with van der Waals surface area (Å²) in [6.07, 6.45) is 4.01. The van der Waals surface area contributed by atoms with Crippen molar-refractivity contribution in [2.24, 2.45) is 23.3 Å². The Balaban J connectivity index is 1.04. The second-order valence-corrected chi connectivity index (χ2v) is 30.8. The van der Waals surface area contributed by atoms with Crippen molar-refractivity contribution < 1.29 is 87.6 Å². The number of aliphatic carboxylic acids is 3. The number of quaternary nitrogens is 1. The molecule has 20 N–H and O–H groups in total. The highest BCUT2D eigenvalue weighted by Gasteiger charge is 2.36. The highest BCUT2D eigenvalue weighted by molar-refractivity contribution is 7.98. The molecule has 11 amide bonds. The maximum atomic E-state index is 15.0. The number of H-pyrrole nitrogens is 2. The summed E-state index contributed by atoms with van der Waals surface area (Å²) in [6.45, 7) is 7.94. The number of carboxylic acid groups (broad SMARTS) is 3. The molecule has 3 unspecified atom stereocenters. The SMILES string of the molecule is CSCC[C@H](NC(=O)[C@H](CC(C)C)NC(=O)[C@H](Cc1cnc[nH]1)NC(=O)CN[NH+]([O-])[C@@H](NC(=O)C(C)NC(=O)[C@H](Cc1c[nH]c2ccccc12)NC(=O)[C@H](CCC(N)=O)NC(=O)C(Cc1cccc2ccccc12)NC(=O)c1ccc(CNC(=O)CN2CCN(CC(=O)O)CCN(CC(=O)O)CCN(CC(=O)O)CC2)cc1)C(C)C)C(N)=O. The molecule has 1 fully saturated rings. The first-order valence-electron chi connectivity index (χ1n) is 38.9. The van der Waals surface area contributed by atoms with E-state index < -0.39 is 162 Å². The van der Waals surface area contributed by atoms with Gasteiger partial charge in [0, 0.05) is 125 Å². The fraction of sp³-hybridized carbons (Fsp3) is 0.481. The van der Waals surface area contributed by atoms with E-state index in [0.717, 1.165) is 10.8 Å². The number of aromatic nitrogens is 3. The van der Waals surface area contributed by atoms with Crippen LogP contribution in [0.2, 0.25) is 0 Å². The molecule has 9 atom stereocenters. The van der Waals surface area contributed by atoms with Crippen molar-refractivity contribution in [2.75, 3.05) is 97.1 Å². The van der Waals surface area contributed by atoms with Crippen LogP contribution in [0.15, 0.2) is 110 Å². The fourth-order valence-electron chi connectivity index (χ4n) is 13.3. The predicted molar refractivity (Wildman–Crippen MR) is 437 cm³/mol. The van der Waals surface area contributed by atoms with Crippen molar-refractivity contribution in [3.05, 3.63) is 143 Å². The standard InChI is InChI=1S/C79H110N20O18S/c1-47(2)34-61(77(114)89-59(71(81)109)24-33-118-6)92-79(116)64(37-55-40-82-46-85-55)88-66(101)41-86-99(117)72(48(3)4)94-73(110)49(5)87-76(113)63(36-54-39-83-58-17-10-9-16-57(54)58)93-75(112)60(22-23-65(80)100)90-78(115)62(35-53-14-11-13-51-12-7-8-15-56(51)53)91-74(111)52-20-18-50(19-21-52)38-84-67(102)42-95-25-27-96(43-68(103)104)29-31-98(45-70(107)108)32-30-97(28-26-95)44-69(105)106/h7-21,39-40,46-49,59-64,72,83,86,99H,22-38,41-45H2,1-6H3,(H2,80,100)(H2,81,109)(H,82,85)(H,84,102)(H,87,113)(H,88,101)(H,89,114)(H,90,115)(H,91,111)(H,92,116)(H,93,112)(H,94,110)(H,103,104)(H,105,106)(H,107,108)/t49?,59-,60-,61-,62?,63-,64-,72+/m0/s1. The summed E-state index contributed by atoms with van der Waals surface area (Å²) in [4.78, 5) is 205. The topological polar surface area (TPSA) is 557 Å². The van der Waals surface area contributed by atoms with Crippen molar-refractivity contribution >= 4 is 116 Å². The molecule has 6 aromatic rings. The Morgan fingerprint density at radius 1 is 0.534 bits per heavy atom. The molecule has 3 heterocycles. The number of hydroxylamine groups is 1. The third-order valence-corrected chi connectivity index (χ3v) is 20.4. The van der Waals surface area contributed by atoms with E-state index in [1.54, 1.807) is 94.2 Å². The second-order valence-electron chi connectivity index (χ2n) is 29.8. The number of fused-ring (bicyclic) bond motifs is 2. The van der Waals surface area contributed by atoms with Gasteiger partial charge in [0.05, 0.1) is 32.5 Å². The van der Waals surface area contributed by atoms with Gasteiger partial charge in [-0.05, 0) is 89.8 Å². The molecule has 0 bridgehead atoms. The number of carboxylic acids is 3. The van der Waals surface area contributed by atoms with Gasteiger partial charge in [0.1, 0.15) is 48.8 Å². The molecule has 0 radical (unpaired) electrons. The summed E-state index contributed by atoms with van der Waals surface area (Å²) >= 11 is 1.45. The zero-order valence-electron chi connectivity index (χ0n) is 67.0. The molecule has 118 heavy (non-hydrogen) atoms. The summed E-state index contributed by atoms with van der Waals surface area (Å²) in [6, 6.07) is 16.5. The van der Waals surface area contributed by atoms with Gasteiger partial charge in [-0.2, -0.15) is 17.2 Å². The quantitative estimate of drug-likeness (QED) is 0.0138. The summed E-state index contributed by atoms with van der Waals surface area (Å²) in [5.74, 6) is -12.2. The number of nitrogens with two attached hydrogens (primary N) is 2. The van der Waals surface area contributed by atoms with Gasteiger partial charge in [0.2, 0.25) is 59.1 Å². The van der Waals surface area contributed by atoms with Crippen molar-refractivity contribution in [1.82, 2.24) is 87.8 Å². The molecule has 38 nitrogen and oxygen atoms in total. The number of nitrogens with zero attached hydrogens (tertiary/aromatic N) is 5. The van der Waals surface area contributed by atoms with E-state index in [2.05, 4.69) is 68.2 Å². The van der Waals surface area contributed by atoms with E-state index in [4.69, 9.17) is 11.5 Å². The largest absolute Gasteiger partial charge is 0.612 e. The third-order valence-electron chi connectivity index (χ3n) is 19.7. The lowest BCUT2D eigenvalue weighted by molar-refractivity contribution is -0.926. The molecule has 4 aromatic carbocycles. The van der Waals surface area contributed by atoms with Crippen molar-refractivity contribution in [2.45, 2.75) is 135 Å². The van der Waals surface area contributed by atoms with Crippen LogP contribution in [-0.4, -0.2) is 278 Å². The minimum absolute atomic E-state index is 0.00796. The Morgan fingerprint density at radius 3 is 1.62 bits per heavy atom. The van der Waals surface area contributed by atoms with Crippen LogP contribution >= 0.6 is 11.8 Å². The normalized spacial score (nSPS) is 15.7. The molecule has 0 aliphatic carbocycles. The number of carbonyl (C=O) groups is 14.